The molecule has 0 saturated heterocycles. The summed E-state index contributed by atoms with van der Waals surface area (Å²) in [5.74, 6) is -1.05. The molecule has 0 heterocycles. The van der Waals surface area contributed by atoms with Gasteiger partial charge in [-0.25, -0.2) is 4.39 Å². The summed E-state index contributed by atoms with van der Waals surface area (Å²) in [6, 6.07) is 3.64. The first-order valence-electron chi connectivity index (χ1n) is 5.21. The molecule has 2 rings (SSSR count). The number of benzene rings is 1. The summed E-state index contributed by atoms with van der Waals surface area (Å²) in [4.78, 5) is 0. The maximum atomic E-state index is 13.1. The van der Waals surface area contributed by atoms with E-state index in [4.69, 9.17) is 10.5 Å². The van der Waals surface area contributed by atoms with Gasteiger partial charge >= 0.3 is 6.61 Å². The van der Waals surface area contributed by atoms with Crippen molar-refractivity contribution in [2.75, 3.05) is 0 Å². The number of hydrogen-bond acceptors (Lipinski definition) is 3. The summed E-state index contributed by atoms with van der Waals surface area (Å²) in [6.45, 7) is -3.06. The predicted molar refractivity (Wildman–Crippen MR) is 54.7 cm³/mol. The monoisotopic (exact) mass is 247 g/mol. The van der Waals surface area contributed by atoms with Gasteiger partial charge in [-0.15, -0.1) is 0 Å². The molecule has 0 unspecified atom stereocenters. The normalized spacial score (nSPS) is 23.4. The van der Waals surface area contributed by atoms with E-state index in [1.807, 2.05) is 0 Å². The third-order valence-electron chi connectivity index (χ3n) is 2.55. The third-order valence-corrected chi connectivity index (χ3v) is 2.55. The van der Waals surface area contributed by atoms with Crippen LogP contribution in [0.25, 0.3) is 0 Å². The maximum Gasteiger partial charge on any atom is 0.387 e. The Kier molecular flexibility index (Phi) is 3.42. The Bertz CT molecular complexity index is 394. The van der Waals surface area contributed by atoms with Gasteiger partial charge in [-0.1, -0.05) is 0 Å². The Morgan fingerprint density at radius 2 is 2.00 bits per heavy atom. The largest absolute Gasteiger partial charge is 0.490 e. The van der Waals surface area contributed by atoms with Crippen molar-refractivity contribution in [3.63, 3.8) is 0 Å². The summed E-state index contributed by atoms with van der Waals surface area (Å²) >= 11 is 0. The minimum absolute atomic E-state index is 0.0325. The molecule has 0 aromatic heterocycles. The molecule has 0 radical (unpaired) electrons. The van der Waals surface area contributed by atoms with Crippen LogP contribution in [0, 0.1) is 5.82 Å². The molecule has 0 aliphatic heterocycles. The molecule has 0 bridgehead atoms. The molecule has 6 heteroatoms. The van der Waals surface area contributed by atoms with Crippen molar-refractivity contribution in [2.24, 2.45) is 5.73 Å². The number of ether oxygens (including phenoxy) is 2. The zero-order chi connectivity index (χ0) is 12.4. The van der Waals surface area contributed by atoms with Crippen LogP contribution >= 0.6 is 0 Å². The van der Waals surface area contributed by atoms with Gasteiger partial charge in [0.05, 0.1) is 0 Å². The summed E-state index contributed by atoms with van der Waals surface area (Å²) in [5, 5.41) is 0. The molecule has 1 saturated carbocycles. The van der Waals surface area contributed by atoms with E-state index in [-0.39, 0.29) is 12.1 Å². The molecule has 1 aromatic carbocycles. The summed E-state index contributed by atoms with van der Waals surface area (Å²) in [6.07, 6.45) is 1.39. The van der Waals surface area contributed by atoms with Gasteiger partial charge in [0.15, 0.2) is 11.6 Å². The van der Waals surface area contributed by atoms with Crippen LogP contribution in [0.2, 0.25) is 0 Å². The lowest BCUT2D eigenvalue weighted by atomic mass is 9.90. The minimum atomic E-state index is -3.06. The molecular weight excluding hydrogens is 235 g/mol. The maximum absolute atomic E-state index is 13.1. The Balaban J connectivity index is 2.02. The lowest BCUT2D eigenvalue weighted by Crippen LogP contribution is -2.43. The fourth-order valence-corrected chi connectivity index (χ4v) is 1.64. The summed E-state index contributed by atoms with van der Waals surface area (Å²) in [7, 11) is 0. The third kappa shape index (κ3) is 3.03. The second kappa shape index (κ2) is 4.83. The van der Waals surface area contributed by atoms with Crippen molar-refractivity contribution in [3.8, 4) is 11.5 Å². The van der Waals surface area contributed by atoms with Crippen LogP contribution < -0.4 is 15.2 Å². The lowest BCUT2D eigenvalue weighted by molar-refractivity contribution is -0.0523. The summed E-state index contributed by atoms with van der Waals surface area (Å²) in [5.41, 5.74) is 5.58. The fraction of sp³-hybridized carbons (Fsp3) is 0.455. The van der Waals surface area contributed by atoms with Crippen molar-refractivity contribution in [1.29, 1.82) is 0 Å². The van der Waals surface area contributed by atoms with Crippen LogP contribution in [0.15, 0.2) is 18.2 Å². The molecule has 1 aliphatic rings. The quantitative estimate of drug-likeness (QED) is 0.887. The SMILES string of the molecule is NC1CC(Oc2ccc(F)c(OC(F)F)c2)C1. The lowest BCUT2D eigenvalue weighted by Gasteiger charge is -2.32. The minimum Gasteiger partial charge on any atom is -0.490 e. The van der Waals surface area contributed by atoms with E-state index in [1.54, 1.807) is 0 Å². The van der Waals surface area contributed by atoms with E-state index in [2.05, 4.69) is 4.74 Å². The van der Waals surface area contributed by atoms with E-state index < -0.39 is 18.2 Å². The van der Waals surface area contributed by atoms with Crippen molar-refractivity contribution >= 4 is 0 Å². The molecule has 0 spiro atoms. The van der Waals surface area contributed by atoms with E-state index >= 15 is 0 Å². The number of nitrogens with two attached hydrogens (primary N) is 1. The van der Waals surface area contributed by atoms with E-state index in [1.165, 1.54) is 6.07 Å². The first kappa shape index (κ1) is 12.0. The number of alkyl halides is 2. The predicted octanol–water partition coefficient (Wildman–Crippen LogP) is 2.30. The van der Waals surface area contributed by atoms with Gasteiger partial charge in [-0.2, -0.15) is 8.78 Å². The molecule has 3 nitrogen and oxygen atoms in total. The fourth-order valence-electron chi connectivity index (χ4n) is 1.64. The second-order valence-corrected chi connectivity index (χ2v) is 3.94. The highest BCUT2D eigenvalue weighted by Crippen LogP contribution is 2.29. The molecule has 1 aromatic rings. The van der Waals surface area contributed by atoms with Crippen LogP contribution in [0.1, 0.15) is 12.8 Å². The topological polar surface area (TPSA) is 44.5 Å². The van der Waals surface area contributed by atoms with E-state index in [9.17, 15) is 13.2 Å². The molecule has 1 fully saturated rings. The molecule has 0 amide bonds. The second-order valence-electron chi connectivity index (χ2n) is 3.94. The molecule has 1 aliphatic carbocycles. The van der Waals surface area contributed by atoms with Crippen LogP contribution in [0.3, 0.4) is 0 Å². The van der Waals surface area contributed by atoms with Crippen molar-refractivity contribution in [1.82, 2.24) is 0 Å². The van der Waals surface area contributed by atoms with E-state index in [0.29, 0.717) is 18.6 Å². The Hall–Kier alpha value is -1.43. The van der Waals surface area contributed by atoms with Crippen molar-refractivity contribution in [3.05, 3.63) is 24.0 Å². The Morgan fingerprint density at radius 1 is 1.29 bits per heavy atom. The van der Waals surface area contributed by atoms with Gasteiger partial charge in [0, 0.05) is 12.1 Å². The van der Waals surface area contributed by atoms with Gasteiger partial charge in [0.1, 0.15) is 11.9 Å². The molecular formula is C11H12F3NO2. The average molecular weight is 247 g/mol. The van der Waals surface area contributed by atoms with Gasteiger partial charge in [-0.3, -0.25) is 0 Å². The summed E-state index contributed by atoms with van der Waals surface area (Å²) < 4.78 is 46.5. The van der Waals surface area contributed by atoms with E-state index in [0.717, 1.165) is 12.1 Å². The van der Waals surface area contributed by atoms with Crippen LogP contribution in [-0.2, 0) is 0 Å². The van der Waals surface area contributed by atoms with Gasteiger partial charge < -0.3 is 15.2 Å². The molecule has 0 atom stereocenters. The first-order chi connectivity index (χ1) is 8.04. The molecule has 94 valence electrons. The number of rotatable bonds is 4. The standard InChI is InChI=1S/C11H12F3NO2/c12-9-2-1-7(5-10(9)17-11(13)14)16-8-3-6(15)4-8/h1-2,5-6,8,11H,3-4,15H2. The highest BCUT2D eigenvalue weighted by Gasteiger charge is 2.27. The number of hydrogen-bond donors (Lipinski definition) is 1. The Labute approximate surface area is 96.3 Å². The van der Waals surface area contributed by atoms with Crippen molar-refractivity contribution in [2.45, 2.75) is 31.6 Å². The van der Waals surface area contributed by atoms with Crippen LogP contribution in [-0.4, -0.2) is 18.8 Å². The smallest absolute Gasteiger partial charge is 0.387 e. The molecule has 17 heavy (non-hydrogen) atoms. The van der Waals surface area contributed by atoms with Gasteiger partial charge in [-0.05, 0) is 25.0 Å². The van der Waals surface area contributed by atoms with Gasteiger partial charge in [0.25, 0.3) is 0 Å². The number of halogens is 3. The van der Waals surface area contributed by atoms with Crippen molar-refractivity contribution < 1.29 is 22.6 Å². The van der Waals surface area contributed by atoms with Gasteiger partial charge in [0.2, 0.25) is 0 Å². The highest BCUT2D eigenvalue weighted by atomic mass is 19.3. The van der Waals surface area contributed by atoms with Crippen LogP contribution in [0.4, 0.5) is 13.2 Å². The zero-order valence-corrected chi connectivity index (χ0v) is 8.91. The zero-order valence-electron chi connectivity index (χ0n) is 8.91. The highest BCUT2D eigenvalue weighted by molar-refractivity contribution is 5.34. The first-order valence-corrected chi connectivity index (χ1v) is 5.21. The average Bonchev–Trinajstić information content (AvgIpc) is 2.20. The Morgan fingerprint density at radius 3 is 2.59 bits per heavy atom. The van der Waals surface area contributed by atoms with Crippen LogP contribution in [0.5, 0.6) is 11.5 Å². The molecule has 2 N–H and O–H groups in total.